The number of nitrogens with zero attached hydrogens (tertiary/aromatic N) is 3. The van der Waals surface area contributed by atoms with E-state index in [1.54, 1.807) is 6.07 Å². The van der Waals surface area contributed by atoms with Crippen molar-refractivity contribution in [1.82, 2.24) is 10.2 Å². The van der Waals surface area contributed by atoms with Crippen molar-refractivity contribution in [2.24, 2.45) is 10.9 Å². The van der Waals surface area contributed by atoms with Gasteiger partial charge in [0.05, 0.1) is 18.4 Å². The van der Waals surface area contributed by atoms with E-state index >= 15 is 0 Å². The third kappa shape index (κ3) is 3.07. The van der Waals surface area contributed by atoms with Gasteiger partial charge in [-0.05, 0) is 6.07 Å². The van der Waals surface area contributed by atoms with E-state index in [4.69, 9.17) is 16.0 Å². The van der Waals surface area contributed by atoms with E-state index in [2.05, 4.69) is 15.4 Å². The molecule has 15 heavy (non-hydrogen) atoms. The van der Waals surface area contributed by atoms with E-state index < -0.39 is 0 Å². The van der Waals surface area contributed by atoms with E-state index in [0.29, 0.717) is 10.6 Å². The van der Waals surface area contributed by atoms with E-state index in [1.807, 2.05) is 6.92 Å². The number of rotatable bonds is 4. The summed E-state index contributed by atoms with van der Waals surface area (Å²) in [5.41, 5.74) is 5.98. The van der Waals surface area contributed by atoms with Gasteiger partial charge in [0.15, 0.2) is 5.84 Å². The van der Waals surface area contributed by atoms with Crippen molar-refractivity contribution in [3.63, 3.8) is 0 Å². The maximum atomic E-state index is 8.90. The monoisotopic (exact) mass is 228 g/mol. The Morgan fingerprint density at radius 1 is 1.73 bits per heavy atom. The number of aliphatic hydroxyl groups excluding tert-OH is 1. The number of hydrogen-bond donors (Lipinski definition) is 3. The Hall–Kier alpha value is -1.34. The predicted molar refractivity (Wildman–Crippen MR) is 56.9 cm³/mol. The van der Waals surface area contributed by atoms with Crippen molar-refractivity contribution in [2.45, 2.75) is 17.2 Å². The third-order valence-corrected chi connectivity index (χ3v) is 2.72. The molecule has 82 valence electrons. The zero-order chi connectivity index (χ0) is 11.3. The molecular weight excluding hydrogens is 216 g/mol. The first-order valence-corrected chi connectivity index (χ1v) is 5.14. The summed E-state index contributed by atoms with van der Waals surface area (Å²) < 4.78 is 0. The van der Waals surface area contributed by atoms with Crippen LogP contribution in [-0.4, -0.2) is 38.2 Å². The molecule has 1 unspecified atom stereocenters. The van der Waals surface area contributed by atoms with Gasteiger partial charge in [-0.2, -0.15) is 5.10 Å². The average Bonchev–Trinajstić information content (AvgIpc) is 2.28. The summed E-state index contributed by atoms with van der Waals surface area (Å²) in [6.45, 7) is 1.87. The van der Waals surface area contributed by atoms with E-state index in [9.17, 15) is 0 Å². The van der Waals surface area contributed by atoms with Crippen molar-refractivity contribution < 1.29 is 10.3 Å². The van der Waals surface area contributed by atoms with Crippen LogP contribution in [0, 0.1) is 0 Å². The van der Waals surface area contributed by atoms with Crippen LogP contribution >= 0.6 is 11.8 Å². The highest BCUT2D eigenvalue weighted by molar-refractivity contribution is 7.99. The van der Waals surface area contributed by atoms with Gasteiger partial charge in [0.25, 0.3) is 0 Å². The molecule has 1 aromatic rings. The Balaban J connectivity index is 2.96. The van der Waals surface area contributed by atoms with Gasteiger partial charge in [-0.25, -0.2) is 0 Å². The molecule has 0 bridgehead atoms. The smallest absolute Gasteiger partial charge is 0.172 e. The van der Waals surface area contributed by atoms with Crippen LogP contribution in [-0.2, 0) is 0 Å². The number of amidine groups is 1. The number of oxime groups is 1. The highest BCUT2D eigenvalue weighted by Gasteiger charge is 2.12. The predicted octanol–water partition coefficient (Wildman–Crippen LogP) is 0.0440. The molecule has 6 nitrogen and oxygen atoms in total. The largest absolute Gasteiger partial charge is 0.409 e. The van der Waals surface area contributed by atoms with Gasteiger partial charge in [0.1, 0.15) is 5.03 Å². The lowest BCUT2D eigenvalue weighted by Gasteiger charge is -2.09. The van der Waals surface area contributed by atoms with Crippen molar-refractivity contribution >= 4 is 17.6 Å². The van der Waals surface area contributed by atoms with Gasteiger partial charge in [-0.1, -0.05) is 23.8 Å². The summed E-state index contributed by atoms with van der Waals surface area (Å²) in [7, 11) is 0. The zero-order valence-corrected chi connectivity index (χ0v) is 8.98. The minimum absolute atomic E-state index is 0.0162. The molecule has 1 heterocycles. The standard InChI is InChI=1S/C8H12N4O2S/c1-5(4-13)15-8-6(7(9)12-14)2-3-10-11-8/h2-3,5,13-14H,4H2,1H3,(H2,9,12). The van der Waals surface area contributed by atoms with E-state index in [0.717, 1.165) is 0 Å². The second-order valence-corrected chi connectivity index (χ2v) is 4.27. The number of thioether (sulfide) groups is 1. The summed E-state index contributed by atoms with van der Waals surface area (Å²) >= 11 is 1.32. The van der Waals surface area contributed by atoms with Crippen molar-refractivity contribution in [3.8, 4) is 0 Å². The van der Waals surface area contributed by atoms with Crippen molar-refractivity contribution in [3.05, 3.63) is 17.8 Å². The summed E-state index contributed by atoms with van der Waals surface area (Å²) in [5.74, 6) is -0.0162. The molecule has 0 saturated carbocycles. The van der Waals surface area contributed by atoms with Gasteiger partial charge in [-0.15, -0.1) is 5.10 Å². The van der Waals surface area contributed by atoms with Crippen LogP contribution in [0.3, 0.4) is 0 Å². The minimum atomic E-state index is -0.0213. The van der Waals surface area contributed by atoms with Crippen molar-refractivity contribution in [2.75, 3.05) is 6.61 Å². The third-order valence-electron chi connectivity index (χ3n) is 1.64. The molecule has 0 fully saturated rings. The lowest BCUT2D eigenvalue weighted by atomic mass is 10.3. The maximum Gasteiger partial charge on any atom is 0.172 e. The first-order chi connectivity index (χ1) is 7.19. The molecule has 0 aromatic carbocycles. The van der Waals surface area contributed by atoms with Crippen LogP contribution in [0.5, 0.6) is 0 Å². The normalized spacial score (nSPS) is 13.9. The molecule has 0 aliphatic rings. The second kappa shape index (κ2) is 5.52. The van der Waals surface area contributed by atoms with Gasteiger partial charge < -0.3 is 16.0 Å². The fourth-order valence-electron chi connectivity index (χ4n) is 0.882. The highest BCUT2D eigenvalue weighted by Crippen LogP contribution is 2.23. The molecule has 1 rings (SSSR count). The molecular formula is C8H12N4O2S. The van der Waals surface area contributed by atoms with Crippen LogP contribution in [0.15, 0.2) is 22.4 Å². The van der Waals surface area contributed by atoms with Gasteiger partial charge in [0.2, 0.25) is 0 Å². The number of aromatic nitrogens is 2. The fraction of sp³-hybridized carbons (Fsp3) is 0.375. The minimum Gasteiger partial charge on any atom is -0.409 e. The molecule has 0 spiro atoms. The first kappa shape index (κ1) is 11.7. The fourth-order valence-corrected chi connectivity index (χ4v) is 1.73. The quantitative estimate of drug-likeness (QED) is 0.221. The Bertz CT molecular complexity index is 358. The summed E-state index contributed by atoms with van der Waals surface area (Å²) in [4.78, 5) is 0. The average molecular weight is 228 g/mol. The first-order valence-electron chi connectivity index (χ1n) is 4.26. The van der Waals surface area contributed by atoms with Crippen LogP contribution in [0.1, 0.15) is 12.5 Å². The second-order valence-electron chi connectivity index (χ2n) is 2.85. The lowest BCUT2D eigenvalue weighted by molar-refractivity contribution is 0.300. The number of hydrogen-bond acceptors (Lipinski definition) is 6. The summed E-state index contributed by atoms with van der Waals surface area (Å²) in [5, 5.41) is 28.5. The molecule has 7 heteroatoms. The van der Waals surface area contributed by atoms with Crippen LogP contribution in [0.25, 0.3) is 0 Å². The van der Waals surface area contributed by atoms with Crippen molar-refractivity contribution in [1.29, 1.82) is 0 Å². The van der Waals surface area contributed by atoms with Gasteiger partial charge >= 0.3 is 0 Å². The number of aliphatic hydroxyl groups is 1. The Morgan fingerprint density at radius 3 is 3.07 bits per heavy atom. The number of nitrogens with two attached hydrogens (primary N) is 1. The Labute approximate surface area is 91.2 Å². The van der Waals surface area contributed by atoms with Crippen LogP contribution in [0.2, 0.25) is 0 Å². The molecule has 1 aromatic heterocycles. The van der Waals surface area contributed by atoms with Crippen LogP contribution in [0.4, 0.5) is 0 Å². The van der Waals surface area contributed by atoms with E-state index in [1.165, 1.54) is 18.0 Å². The topological polar surface area (TPSA) is 105 Å². The molecule has 0 aliphatic carbocycles. The molecule has 0 saturated heterocycles. The lowest BCUT2D eigenvalue weighted by Crippen LogP contribution is -2.16. The molecule has 4 N–H and O–H groups in total. The maximum absolute atomic E-state index is 8.90. The van der Waals surface area contributed by atoms with Crippen LogP contribution < -0.4 is 5.73 Å². The molecule has 1 atom stereocenters. The Kier molecular flexibility index (Phi) is 4.32. The van der Waals surface area contributed by atoms with Gasteiger partial charge in [-0.3, -0.25) is 0 Å². The highest BCUT2D eigenvalue weighted by atomic mass is 32.2. The molecule has 0 radical (unpaired) electrons. The zero-order valence-electron chi connectivity index (χ0n) is 8.16. The summed E-state index contributed by atoms with van der Waals surface area (Å²) in [6.07, 6.45) is 1.46. The summed E-state index contributed by atoms with van der Waals surface area (Å²) in [6, 6.07) is 1.61. The molecule has 0 aliphatic heterocycles. The van der Waals surface area contributed by atoms with E-state index in [-0.39, 0.29) is 17.7 Å². The SMILES string of the molecule is CC(CO)Sc1nnccc1/C(N)=N/O. The van der Waals surface area contributed by atoms with Gasteiger partial charge in [0, 0.05) is 5.25 Å². The Morgan fingerprint density at radius 2 is 2.47 bits per heavy atom. The molecule has 0 amide bonds.